The molecule has 8 heteroatoms. The van der Waals surface area contributed by atoms with Gasteiger partial charge in [0, 0.05) is 12.6 Å². The van der Waals surface area contributed by atoms with Crippen LogP contribution in [0.5, 0.6) is 11.5 Å². The van der Waals surface area contributed by atoms with Crippen molar-refractivity contribution in [2.24, 2.45) is 0 Å². The predicted molar refractivity (Wildman–Crippen MR) is 137 cm³/mol. The second-order valence-electron chi connectivity index (χ2n) is 9.60. The minimum atomic E-state index is -4.56. The summed E-state index contributed by atoms with van der Waals surface area (Å²) in [6.07, 6.45) is -2.31. The summed E-state index contributed by atoms with van der Waals surface area (Å²) in [4.78, 5) is 15.2. The fourth-order valence-corrected chi connectivity index (χ4v) is 4.72. The van der Waals surface area contributed by atoms with Gasteiger partial charge < -0.3 is 19.7 Å². The summed E-state index contributed by atoms with van der Waals surface area (Å²) in [6.45, 7) is 2.87. The number of hydrogen-bond donors (Lipinski definition) is 1. The van der Waals surface area contributed by atoms with Crippen molar-refractivity contribution in [2.45, 2.75) is 44.4 Å². The number of amides is 1. The molecule has 1 saturated carbocycles. The van der Waals surface area contributed by atoms with Crippen LogP contribution in [0.2, 0.25) is 0 Å². The number of nitrogens with one attached hydrogen (secondary N) is 1. The Bertz CT molecular complexity index is 1300. The van der Waals surface area contributed by atoms with Crippen LogP contribution in [-0.4, -0.2) is 32.2 Å². The third-order valence-electron chi connectivity index (χ3n) is 6.83. The number of nitrogens with zero attached hydrogens (tertiary/aromatic N) is 1. The molecule has 0 aromatic heterocycles. The molecule has 194 valence electrons. The highest BCUT2D eigenvalue weighted by atomic mass is 19.4. The standard InChI is InChI=1S/C29H29F3N2O3/c1-3-18-14-21(36-17-22-16-34(2)26-6-4-5-7-27(26)37-22)11-12-23(18)28(35)33-25-15-20(19-8-9-19)10-13-24(25)29(30,31)32/h4-7,10-15,19,22H,3,8-9,16-17H2,1-2H3,(H,33,35)/t22-/m0/s1. The van der Waals surface area contributed by atoms with E-state index in [1.165, 1.54) is 12.1 Å². The van der Waals surface area contributed by atoms with E-state index >= 15 is 0 Å². The average molecular weight is 511 g/mol. The Morgan fingerprint density at radius 3 is 2.62 bits per heavy atom. The van der Waals surface area contributed by atoms with E-state index < -0.39 is 17.6 Å². The monoisotopic (exact) mass is 510 g/mol. The molecule has 1 heterocycles. The van der Waals surface area contributed by atoms with E-state index in [0.29, 0.717) is 36.4 Å². The Hall–Kier alpha value is -3.68. The van der Waals surface area contributed by atoms with Gasteiger partial charge >= 0.3 is 6.18 Å². The number of rotatable bonds is 7. The van der Waals surface area contributed by atoms with Crippen LogP contribution in [-0.2, 0) is 12.6 Å². The predicted octanol–water partition coefficient (Wildman–Crippen LogP) is 6.67. The summed E-state index contributed by atoms with van der Waals surface area (Å²) in [5.74, 6) is 1.07. The quantitative estimate of drug-likeness (QED) is 0.386. The zero-order valence-corrected chi connectivity index (χ0v) is 20.8. The van der Waals surface area contributed by atoms with Crippen molar-refractivity contribution in [3.63, 3.8) is 0 Å². The highest BCUT2D eigenvalue weighted by Gasteiger charge is 2.35. The lowest BCUT2D eigenvalue weighted by Crippen LogP contribution is -2.41. The molecule has 1 amide bonds. The Morgan fingerprint density at radius 2 is 1.89 bits per heavy atom. The topological polar surface area (TPSA) is 50.8 Å². The number of carbonyl (C=O) groups is 1. The number of alkyl halides is 3. The number of likely N-dealkylation sites (N-methyl/N-ethyl adjacent to an activating group) is 1. The maximum absolute atomic E-state index is 13.6. The van der Waals surface area contributed by atoms with Crippen molar-refractivity contribution in [1.82, 2.24) is 0 Å². The second kappa shape index (κ2) is 10.00. The number of carbonyl (C=O) groups excluding carboxylic acids is 1. The maximum atomic E-state index is 13.6. The zero-order valence-electron chi connectivity index (χ0n) is 20.8. The van der Waals surface area contributed by atoms with Crippen LogP contribution in [0.1, 0.15) is 52.7 Å². The van der Waals surface area contributed by atoms with Gasteiger partial charge in [-0.3, -0.25) is 4.79 Å². The van der Waals surface area contributed by atoms with Crippen molar-refractivity contribution in [1.29, 1.82) is 0 Å². The minimum absolute atomic E-state index is 0.174. The highest BCUT2D eigenvalue weighted by molar-refractivity contribution is 6.06. The van der Waals surface area contributed by atoms with Gasteiger partial charge in [0.25, 0.3) is 5.91 Å². The fraction of sp³-hybridized carbons (Fsp3) is 0.345. The van der Waals surface area contributed by atoms with Gasteiger partial charge in [-0.25, -0.2) is 0 Å². The number of halogens is 3. The zero-order chi connectivity index (χ0) is 26.2. The summed E-state index contributed by atoms with van der Waals surface area (Å²) >= 11 is 0. The first-order chi connectivity index (χ1) is 17.7. The lowest BCUT2D eigenvalue weighted by atomic mass is 10.0. The van der Waals surface area contributed by atoms with Gasteiger partial charge in [0.2, 0.25) is 0 Å². The van der Waals surface area contributed by atoms with E-state index in [4.69, 9.17) is 9.47 Å². The Kier molecular flexibility index (Phi) is 6.75. The molecular formula is C29H29F3N2O3. The summed E-state index contributed by atoms with van der Waals surface area (Å²) in [5, 5.41) is 2.52. The SMILES string of the molecule is CCc1cc(OC[C@@H]2CN(C)c3ccccc3O2)ccc1C(=O)Nc1cc(C2CC2)ccc1C(F)(F)F. The van der Waals surface area contributed by atoms with Crippen LogP contribution in [0.4, 0.5) is 24.5 Å². The fourth-order valence-electron chi connectivity index (χ4n) is 4.72. The summed E-state index contributed by atoms with van der Waals surface area (Å²) in [6, 6.07) is 16.9. The van der Waals surface area contributed by atoms with E-state index in [1.54, 1.807) is 18.2 Å². The number of fused-ring (bicyclic) bond motifs is 1. The van der Waals surface area contributed by atoms with E-state index in [1.807, 2.05) is 38.2 Å². The van der Waals surface area contributed by atoms with Crippen LogP contribution in [0.3, 0.4) is 0 Å². The first-order valence-electron chi connectivity index (χ1n) is 12.5. The largest absolute Gasteiger partial charge is 0.490 e. The van der Waals surface area contributed by atoms with Crippen molar-refractivity contribution < 1.29 is 27.4 Å². The first-order valence-corrected chi connectivity index (χ1v) is 12.5. The van der Waals surface area contributed by atoms with Gasteiger partial charge in [0.15, 0.2) is 0 Å². The first kappa shape index (κ1) is 25.0. The van der Waals surface area contributed by atoms with Crippen LogP contribution in [0, 0.1) is 0 Å². The number of para-hydroxylation sites is 2. The van der Waals surface area contributed by atoms with Crippen LogP contribution in [0.25, 0.3) is 0 Å². The minimum Gasteiger partial charge on any atom is -0.490 e. The molecular weight excluding hydrogens is 481 g/mol. The lowest BCUT2D eigenvalue weighted by Gasteiger charge is -2.33. The van der Waals surface area contributed by atoms with E-state index in [-0.39, 0.29) is 17.7 Å². The molecule has 1 aliphatic carbocycles. The molecule has 3 aromatic rings. The molecule has 37 heavy (non-hydrogen) atoms. The van der Waals surface area contributed by atoms with Gasteiger partial charge in [-0.1, -0.05) is 25.1 Å². The van der Waals surface area contributed by atoms with Gasteiger partial charge in [0.1, 0.15) is 24.2 Å². The smallest absolute Gasteiger partial charge is 0.418 e. The van der Waals surface area contributed by atoms with Crippen molar-refractivity contribution in [3.05, 3.63) is 82.9 Å². The summed E-state index contributed by atoms with van der Waals surface area (Å²) in [7, 11) is 2.00. The van der Waals surface area contributed by atoms with E-state index in [9.17, 15) is 18.0 Å². The van der Waals surface area contributed by atoms with Gasteiger partial charge in [-0.2, -0.15) is 13.2 Å². The number of hydrogen-bond acceptors (Lipinski definition) is 4. The van der Waals surface area contributed by atoms with Gasteiger partial charge in [-0.15, -0.1) is 0 Å². The van der Waals surface area contributed by atoms with Gasteiger partial charge in [-0.05, 0) is 78.8 Å². The summed E-state index contributed by atoms with van der Waals surface area (Å²) in [5.41, 5.74) is 1.81. The lowest BCUT2D eigenvalue weighted by molar-refractivity contribution is -0.136. The molecule has 0 bridgehead atoms. The summed E-state index contributed by atoms with van der Waals surface area (Å²) < 4.78 is 52.9. The third kappa shape index (κ3) is 5.53. The molecule has 0 saturated heterocycles. The molecule has 1 N–H and O–H groups in total. The van der Waals surface area contributed by atoms with Crippen molar-refractivity contribution in [3.8, 4) is 11.5 Å². The molecule has 0 spiro atoms. The molecule has 1 fully saturated rings. The second-order valence-corrected chi connectivity index (χ2v) is 9.60. The molecule has 0 unspecified atom stereocenters. The molecule has 5 rings (SSSR count). The number of ether oxygens (including phenoxy) is 2. The van der Waals surface area contributed by atoms with Crippen LogP contribution >= 0.6 is 0 Å². The normalized spacial score (nSPS) is 17.1. The van der Waals surface area contributed by atoms with Gasteiger partial charge in [0.05, 0.1) is 23.5 Å². The number of benzene rings is 3. The third-order valence-corrected chi connectivity index (χ3v) is 6.83. The molecule has 2 aliphatic rings. The molecule has 1 atom stereocenters. The van der Waals surface area contributed by atoms with Crippen LogP contribution < -0.4 is 19.7 Å². The molecule has 0 radical (unpaired) electrons. The molecule has 3 aromatic carbocycles. The average Bonchev–Trinajstić information content (AvgIpc) is 3.72. The van der Waals surface area contributed by atoms with Crippen molar-refractivity contribution >= 4 is 17.3 Å². The number of anilines is 2. The Morgan fingerprint density at radius 1 is 1.11 bits per heavy atom. The van der Waals surface area contributed by atoms with Crippen molar-refractivity contribution in [2.75, 3.05) is 30.4 Å². The van der Waals surface area contributed by atoms with Crippen LogP contribution in [0.15, 0.2) is 60.7 Å². The highest BCUT2D eigenvalue weighted by Crippen LogP contribution is 2.43. The maximum Gasteiger partial charge on any atom is 0.418 e. The molecule has 5 nitrogen and oxygen atoms in total. The van der Waals surface area contributed by atoms with E-state index in [2.05, 4.69) is 10.2 Å². The molecule has 1 aliphatic heterocycles. The van der Waals surface area contributed by atoms with E-state index in [0.717, 1.165) is 35.9 Å². The number of aryl methyl sites for hydroxylation is 1. The Balaban J connectivity index is 1.29. The Labute approximate surface area is 214 Å².